The molecule has 0 bridgehead atoms. The molecule has 0 saturated heterocycles. The molecule has 4 rings (SSSR count). The van der Waals surface area contributed by atoms with Gasteiger partial charge in [-0.15, -0.1) is 11.6 Å². The monoisotopic (exact) mass is 618 g/mol. The summed E-state index contributed by atoms with van der Waals surface area (Å²) in [7, 11) is 1.13. The summed E-state index contributed by atoms with van der Waals surface area (Å²) in [5.41, 5.74) is 2.41. The van der Waals surface area contributed by atoms with Gasteiger partial charge < -0.3 is 9.47 Å². The Morgan fingerprint density at radius 1 is 1.05 bits per heavy atom. The maximum Gasteiger partial charge on any atom is 0.345 e. The zero-order valence-corrected chi connectivity index (χ0v) is 24.5. The van der Waals surface area contributed by atoms with Crippen molar-refractivity contribution in [3.05, 3.63) is 110 Å². The molecule has 0 fully saturated rings. The van der Waals surface area contributed by atoms with E-state index in [4.69, 9.17) is 39.5 Å². The summed E-state index contributed by atoms with van der Waals surface area (Å²) < 4.78 is 11.7. The van der Waals surface area contributed by atoms with Gasteiger partial charge in [-0.25, -0.2) is 4.79 Å². The van der Waals surface area contributed by atoms with E-state index in [0.717, 1.165) is 30.0 Å². The van der Waals surface area contributed by atoms with Crippen LogP contribution < -0.4 is 9.64 Å². The van der Waals surface area contributed by atoms with Gasteiger partial charge in [0.2, 0.25) is 5.91 Å². The second-order valence-electron chi connectivity index (χ2n) is 8.49. The summed E-state index contributed by atoms with van der Waals surface area (Å²) in [6.07, 6.45) is 3.51. The van der Waals surface area contributed by atoms with E-state index >= 15 is 0 Å². The molecule has 0 saturated carbocycles. The number of nitro benzene ring substituents is 1. The van der Waals surface area contributed by atoms with E-state index in [1.165, 1.54) is 18.2 Å². The molecule has 10 nitrogen and oxygen atoms in total. The molecule has 0 atom stereocenters. The van der Waals surface area contributed by atoms with Crippen LogP contribution >= 0.6 is 34.8 Å². The van der Waals surface area contributed by atoms with Crippen LogP contribution in [0.4, 0.5) is 11.4 Å². The number of amides is 1. The fourth-order valence-electron chi connectivity index (χ4n) is 3.80. The van der Waals surface area contributed by atoms with Crippen molar-refractivity contribution in [2.75, 3.05) is 17.9 Å². The van der Waals surface area contributed by atoms with Gasteiger partial charge in [-0.1, -0.05) is 41.4 Å². The highest BCUT2D eigenvalue weighted by Gasteiger charge is 2.22. The van der Waals surface area contributed by atoms with Crippen LogP contribution in [0.3, 0.4) is 0 Å². The van der Waals surface area contributed by atoms with Crippen LogP contribution in [0.2, 0.25) is 10.0 Å². The normalized spacial score (nSPS) is 10.3. The molecule has 214 valence electrons. The fourth-order valence-corrected chi connectivity index (χ4v) is 4.39. The van der Waals surface area contributed by atoms with Crippen molar-refractivity contribution >= 4 is 58.1 Å². The highest BCUT2D eigenvalue weighted by Crippen LogP contribution is 2.33. The Balaban J connectivity index is 0.000000228. The number of aryl methyl sites for hydroxylation is 2. The number of aromatic nitrogens is 2. The van der Waals surface area contributed by atoms with Crippen molar-refractivity contribution in [3.8, 4) is 11.5 Å². The van der Waals surface area contributed by atoms with Gasteiger partial charge in [-0.3, -0.25) is 24.5 Å². The van der Waals surface area contributed by atoms with Gasteiger partial charge in [0, 0.05) is 29.5 Å². The molecule has 0 unspecified atom stereocenters. The molecule has 0 N–H and O–H groups in total. The van der Waals surface area contributed by atoms with E-state index in [2.05, 4.69) is 9.84 Å². The van der Waals surface area contributed by atoms with Gasteiger partial charge in [0.25, 0.3) is 5.69 Å². The van der Waals surface area contributed by atoms with Gasteiger partial charge in [0.15, 0.2) is 0 Å². The third-order valence-electron chi connectivity index (χ3n) is 5.66. The number of para-hydroxylation sites is 1. The quantitative estimate of drug-likeness (QED) is 0.0885. The number of rotatable bonds is 8. The van der Waals surface area contributed by atoms with Crippen molar-refractivity contribution in [3.63, 3.8) is 0 Å². The Labute approximate surface area is 251 Å². The maximum atomic E-state index is 12.1. The summed E-state index contributed by atoms with van der Waals surface area (Å²) in [6.45, 7) is 4.34. The van der Waals surface area contributed by atoms with E-state index in [1.807, 2.05) is 44.3 Å². The predicted molar refractivity (Wildman–Crippen MR) is 157 cm³/mol. The molecule has 1 amide bonds. The summed E-state index contributed by atoms with van der Waals surface area (Å²) in [5.74, 6) is -0.505. The highest BCUT2D eigenvalue weighted by molar-refractivity contribution is 6.35. The lowest BCUT2D eigenvalue weighted by molar-refractivity contribution is -0.385. The van der Waals surface area contributed by atoms with Gasteiger partial charge in [0.05, 0.1) is 22.7 Å². The Kier molecular flexibility index (Phi) is 11.1. The first-order valence-corrected chi connectivity index (χ1v) is 13.2. The van der Waals surface area contributed by atoms with Crippen molar-refractivity contribution < 1.29 is 24.0 Å². The minimum absolute atomic E-state index is 0.0466. The molecule has 0 aliphatic heterocycles. The molecular formula is C28H25Cl3N4O6. The molecule has 1 aromatic heterocycles. The van der Waals surface area contributed by atoms with Crippen LogP contribution in [0.1, 0.15) is 21.5 Å². The molecule has 13 heteroatoms. The van der Waals surface area contributed by atoms with Crippen molar-refractivity contribution in [1.82, 2.24) is 9.78 Å². The van der Waals surface area contributed by atoms with Crippen LogP contribution in [-0.2, 0) is 16.2 Å². The number of hydrogen-bond acceptors (Lipinski definition) is 7. The molecule has 1 heterocycles. The predicted octanol–water partition coefficient (Wildman–Crippen LogP) is 7.21. The van der Waals surface area contributed by atoms with Crippen LogP contribution in [0.15, 0.2) is 73.1 Å². The Bertz CT molecular complexity index is 1530. The average Bonchev–Trinajstić information content (AvgIpc) is 3.46. The summed E-state index contributed by atoms with van der Waals surface area (Å²) in [6, 6.07) is 16.1. The molecule has 3 aromatic carbocycles. The van der Waals surface area contributed by atoms with Crippen molar-refractivity contribution in [2.45, 2.75) is 20.5 Å². The van der Waals surface area contributed by atoms with Gasteiger partial charge in [0.1, 0.15) is 29.6 Å². The Morgan fingerprint density at radius 2 is 1.76 bits per heavy atom. The van der Waals surface area contributed by atoms with Gasteiger partial charge in [-0.05, 0) is 55.3 Å². The fraction of sp³-hybridized carbons (Fsp3) is 0.179. The van der Waals surface area contributed by atoms with E-state index in [9.17, 15) is 19.7 Å². The number of alkyl halides is 1. The molecule has 41 heavy (non-hydrogen) atoms. The largest absolute Gasteiger partial charge is 0.465 e. The Hall–Kier alpha value is -4.12. The molecular weight excluding hydrogens is 595 g/mol. The zero-order valence-electron chi connectivity index (χ0n) is 22.2. The first-order valence-electron chi connectivity index (χ1n) is 11.9. The molecule has 0 radical (unpaired) electrons. The topological polar surface area (TPSA) is 117 Å². The number of benzene rings is 3. The van der Waals surface area contributed by atoms with Crippen LogP contribution in [0.5, 0.6) is 11.5 Å². The number of halogens is 3. The smallest absolute Gasteiger partial charge is 0.345 e. The minimum atomic E-state index is -0.834. The number of carbonyl (C=O) groups excluding carboxylic acids is 2. The maximum absolute atomic E-state index is 12.1. The van der Waals surface area contributed by atoms with Gasteiger partial charge in [-0.2, -0.15) is 5.10 Å². The second-order valence-corrected chi connectivity index (χ2v) is 9.60. The number of hydrogen-bond donors (Lipinski definition) is 0. The third-order valence-corrected chi connectivity index (χ3v) is 6.42. The zero-order chi connectivity index (χ0) is 30.1. The van der Waals surface area contributed by atoms with E-state index in [1.54, 1.807) is 27.9 Å². The van der Waals surface area contributed by atoms with Crippen molar-refractivity contribution in [2.24, 2.45) is 0 Å². The first kappa shape index (κ1) is 31.4. The number of methoxy groups -OCH3 is 1. The number of nitro groups is 1. The van der Waals surface area contributed by atoms with Crippen LogP contribution in [0.25, 0.3) is 0 Å². The highest BCUT2D eigenvalue weighted by atomic mass is 35.5. The lowest BCUT2D eigenvalue weighted by atomic mass is 10.1. The number of anilines is 1. The molecule has 0 spiro atoms. The standard InChI is InChI=1S/C14H9Cl2NO5.C14H16ClN3O/c1-21-14(18)10-7-9(3-4-12(10)17(19)20)22-13-5-2-8(15)6-11(13)16;1-11-5-3-6-12(2)14(11)18(13(19)9-15)10-17-8-4-7-16-17/h2-7H,1H3;3-8H,9-10H2,1-2H3. The summed E-state index contributed by atoms with van der Waals surface area (Å²) >= 11 is 17.5. The lowest BCUT2D eigenvalue weighted by Gasteiger charge is -2.25. The first-order chi connectivity index (χ1) is 19.5. The summed E-state index contributed by atoms with van der Waals surface area (Å²) in [4.78, 5) is 35.6. The SMILES string of the molecule is COC(=O)c1cc(Oc2ccc(Cl)cc2Cl)ccc1[N+](=O)[O-].Cc1cccc(C)c1N(Cn1cccn1)C(=O)CCl. The summed E-state index contributed by atoms with van der Waals surface area (Å²) in [5, 5.41) is 15.8. The van der Waals surface area contributed by atoms with Crippen LogP contribution in [0, 0.1) is 24.0 Å². The van der Waals surface area contributed by atoms with Crippen LogP contribution in [-0.4, -0.2) is 39.6 Å². The number of ether oxygens (including phenoxy) is 2. The molecule has 4 aromatic rings. The number of nitrogens with zero attached hydrogens (tertiary/aromatic N) is 4. The number of esters is 1. The number of carbonyl (C=O) groups is 2. The molecule has 0 aliphatic rings. The Morgan fingerprint density at radius 3 is 2.32 bits per heavy atom. The molecule has 0 aliphatic carbocycles. The second kappa shape index (κ2) is 14.5. The van der Waals surface area contributed by atoms with E-state index < -0.39 is 10.9 Å². The minimum Gasteiger partial charge on any atom is -0.465 e. The third kappa shape index (κ3) is 8.20. The lowest BCUT2D eigenvalue weighted by Crippen LogP contribution is -2.35. The average molecular weight is 620 g/mol. The van der Waals surface area contributed by atoms with E-state index in [-0.39, 0.29) is 33.8 Å². The van der Waals surface area contributed by atoms with Gasteiger partial charge >= 0.3 is 5.97 Å². The van der Waals surface area contributed by atoms with E-state index in [0.29, 0.717) is 17.4 Å². The van der Waals surface area contributed by atoms with Crippen molar-refractivity contribution in [1.29, 1.82) is 0 Å².